The van der Waals surface area contributed by atoms with E-state index in [1.807, 2.05) is 42.1 Å². The highest BCUT2D eigenvalue weighted by atomic mass is 16.3. The smallest absolute Gasteiger partial charge is 0.138 e. The number of aryl methyl sites for hydroxylation is 1. The number of pyridine rings is 1. The first-order chi connectivity index (χ1) is 12.7. The van der Waals surface area contributed by atoms with Crippen molar-refractivity contribution in [2.24, 2.45) is 7.05 Å². The molecule has 1 saturated heterocycles. The van der Waals surface area contributed by atoms with Crippen LogP contribution in [0.1, 0.15) is 5.56 Å². The molecule has 4 rings (SSSR count). The molecule has 0 aliphatic carbocycles. The maximum absolute atomic E-state index is 10.1. The topological polar surface area (TPSA) is 57.4 Å². The highest BCUT2D eigenvalue weighted by Crippen LogP contribution is 2.28. The SMILES string of the molecule is Cn1cc(CN2CCN(c3ccccc3O)CC2)c(-c2ccncc2)n1. The molecule has 0 radical (unpaired) electrons. The van der Waals surface area contributed by atoms with Gasteiger partial charge in [-0.25, -0.2) is 0 Å². The molecule has 134 valence electrons. The quantitative estimate of drug-likeness (QED) is 0.784. The van der Waals surface area contributed by atoms with E-state index in [0.717, 1.165) is 49.7 Å². The molecule has 0 unspecified atom stereocenters. The summed E-state index contributed by atoms with van der Waals surface area (Å²) in [7, 11) is 1.96. The lowest BCUT2D eigenvalue weighted by Gasteiger charge is -2.36. The van der Waals surface area contributed by atoms with E-state index in [-0.39, 0.29) is 0 Å². The van der Waals surface area contributed by atoms with Crippen molar-refractivity contribution in [3.05, 3.63) is 60.6 Å². The highest BCUT2D eigenvalue weighted by molar-refractivity contribution is 5.62. The van der Waals surface area contributed by atoms with Gasteiger partial charge in [-0.3, -0.25) is 14.6 Å². The van der Waals surface area contributed by atoms with Crippen molar-refractivity contribution >= 4 is 5.69 Å². The summed E-state index contributed by atoms with van der Waals surface area (Å²) in [5, 5.41) is 14.7. The van der Waals surface area contributed by atoms with Crippen molar-refractivity contribution in [2.45, 2.75) is 6.54 Å². The summed E-state index contributed by atoms with van der Waals surface area (Å²) in [6, 6.07) is 11.6. The molecule has 1 fully saturated rings. The molecule has 0 saturated carbocycles. The fraction of sp³-hybridized carbons (Fsp3) is 0.300. The Hall–Kier alpha value is -2.86. The molecule has 1 aromatic carbocycles. The number of aromatic nitrogens is 3. The van der Waals surface area contributed by atoms with E-state index >= 15 is 0 Å². The number of hydrogen-bond acceptors (Lipinski definition) is 5. The number of para-hydroxylation sites is 2. The van der Waals surface area contributed by atoms with E-state index < -0.39 is 0 Å². The van der Waals surface area contributed by atoms with Crippen LogP contribution in [0.4, 0.5) is 5.69 Å². The van der Waals surface area contributed by atoms with E-state index in [4.69, 9.17) is 0 Å². The summed E-state index contributed by atoms with van der Waals surface area (Å²) >= 11 is 0. The summed E-state index contributed by atoms with van der Waals surface area (Å²) in [4.78, 5) is 8.79. The van der Waals surface area contributed by atoms with E-state index in [9.17, 15) is 5.11 Å². The van der Waals surface area contributed by atoms with Crippen LogP contribution >= 0.6 is 0 Å². The maximum Gasteiger partial charge on any atom is 0.138 e. The second-order valence-corrected chi connectivity index (χ2v) is 6.66. The summed E-state index contributed by atoms with van der Waals surface area (Å²) in [6.07, 6.45) is 5.71. The second kappa shape index (κ2) is 7.17. The second-order valence-electron chi connectivity index (χ2n) is 6.66. The van der Waals surface area contributed by atoms with Gasteiger partial charge in [0.05, 0.1) is 11.4 Å². The van der Waals surface area contributed by atoms with Gasteiger partial charge < -0.3 is 10.0 Å². The first-order valence-electron chi connectivity index (χ1n) is 8.89. The number of hydrogen-bond donors (Lipinski definition) is 1. The Kier molecular flexibility index (Phi) is 4.58. The van der Waals surface area contributed by atoms with Gasteiger partial charge in [-0.15, -0.1) is 0 Å². The van der Waals surface area contributed by atoms with Gasteiger partial charge in [0.2, 0.25) is 0 Å². The average Bonchev–Trinajstić information content (AvgIpc) is 3.04. The molecule has 0 spiro atoms. The molecule has 26 heavy (non-hydrogen) atoms. The Labute approximate surface area is 153 Å². The largest absolute Gasteiger partial charge is 0.506 e. The van der Waals surface area contributed by atoms with Crippen LogP contribution in [0.15, 0.2) is 55.0 Å². The molecule has 1 N–H and O–H groups in total. The zero-order chi connectivity index (χ0) is 17.9. The minimum Gasteiger partial charge on any atom is -0.506 e. The molecule has 0 amide bonds. The number of nitrogens with zero attached hydrogens (tertiary/aromatic N) is 5. The van der Waals surface area contributed by atoms with Crippen molar-refractivity contribution < 1.29 is 5.11 Å². The van der Waals surface area contributed by atoms with Crippen molar-refractivity contribution in [3.8, 4) is 17.0 Å². The molecular formula is C20H23N5O. The minimum absolute atomic E-state index is 0.355. The third-order valence-corrected chi connectivity index (χ3v) is 4.85. The normalized spacial score (nSPS) is 15.3. The molecule has 0 atom stereocenters. The van der Waals surface area contributed by atoms with E-state index in [1.165, 1.54) is 5.56 Å². The van der Waals surface area contributed by atoms with Crippen LogP contribution in [0.3, 0.4) is 0 Å². The van der Waals surface area contributed by atoms with Crippen LogP contribution in [-0.2, 0) is 13.6 Å². The number of rotatable bonds is 4. The monoisotopic (exact) mass is 349 g/mol. The van der Waals surface area contributed by atoms with Crippen LogP contribution in [-0.4, -0.2) is 50.9 Å². The van der Waals surface area contributed by atoms with E-state index in [1.54, 1.807) is 18.5 Å². The summed E-state index contributed by atoms with van der Waals surface area (Å²) in [6.45, 7) is 4.60. The first-order valence-corrected chi connectivity index (χ1v) is 8.89. The molecule has 1 aliphatic rings. The molecule has 0 bridgehead atoms. The van der Waals surface area contributed by atoms with Crippen molar-refractivity contribution in [2.75, 3.05) is 31.1 Å². The van der Waals surface area contributed by atoms with Gasteiger partial charge in [0.25, 0.3) is 0 Å². The average molecular weight is 349 g/mol. The van der Waals surface area contributed by atoms with Crippen LogP contribution in [0.2, 0.25) is 0 Å². The number of phenolic OH excluding ortho intramolecular Hbond substituents is 1. The van der Waals surface area contributed by atoms with E-state index in [0.29, 0.717) is 5.75 Å². The number of anilines is 1. The number of benzene rings is 1. The Morgan fingerprint density at radius 3 is 2.46 bits per heavy atom. The van der Waals surface area contributed by atoms with Gasteiger partial charge in [0.15, 0.2) is 0 Å². The Morgan fingerprint density at radius 2 is 1.73 bits per heavy atom. The fourth-order valence-corrected chi connectivity index (χ4v) is 3.53. The van der Waals surface area contributed by atoms with Gasteiger partial charge >= 0.3 is 0 Å². The number of phenols is 1. The maximum atomic E-state index is 10.1. The third-order valence-electron chi connectivity index (χ3n) is 4.85. The van der Waals surface area contributed by atoms with E-state index in [2.05, 4.69) is 26.1 Å². The lowest BCUT2D eigenvalue weighted by atomic mass is 10.1. The van der Waals surface area contributed by atoms with Crippen LogP contribution in [0.5, 0.6) is 5.75 Å². The zero-order valence-electron chi connectivity index (χ0n) is 14.9. The van der Waals surface area contributed by atoms with Gasteiger partial charge in [0.1, 0.15) is 5.75 Å². The molecule has 6 heteroatoms. The summed E-state index contributed by atoms with van der Waals surface area (Å²) in [5.74, 6) is 0.355. The highest BCUT2D eigenvalue weighted by Gasteiger charge is 2.21. The van der Waals surface area contributed by atoms with Crippen molar-refractivity contribution in [1.29, 1.82) is 0 Å². The van der Waals surface area contributed by atoms with Crippen LogP contribution in [0.25, 0.3) is 11.3 Å². The first kappa shape index (κ1) is 16.6. The molecule has 2 aromatic heterocycles. The zero-order valence-corrected chi connectivity index (χ0v) is 14.9. The van der Waals surface area contributed by atoms with Crippen LogP contribution in [0, 0.1) is 0 Å². The summed E-state index contributed by atoms with van der Waals surface area (Å²) in [5.41, 5.74) is 4.28. The van der Waals surface area contributed by atoms with Gasteiger partial charge in [0, 0.05) is 69.5 Å². The van der Waals surface area contributed by atoms with Crippen LogP contribution < -0.4 is 4.90 Å². The molecule has 1 aliphatic heterocycles. The Balaban J connectivity index is 1.45. The summed E-state index contributed by atoms with van der Waals surface area (Å²) < 4.78 is 1.88. The van der Waals surface area contributed by atoms with Gasteiger partial charge in [-0.1, -0.05) is 12.1 Å². The standard InChI is InChI=1S/C20H23N5O/c1-23-14-17(20(22-23)16-6-8-21-9-7-16)15-24-10-12-25(13-11-24)18-4-2-3-5-19(18)26/h2-9,14,26H,10-13,15H2,1H3. The third kappa shape index (κ3) is 3.41. The molecule has 3 aromatic rings. The minimum atomic E-state index is 0.355. The Bertz CT molecular complexity index is 869. The lowest BCUT2D eigenvalue weighted by Crippen LogP contribution is -2.46. The number of aromatic hydroxyl groups is 1. The lowest BCUT2D eigenvalue weighted by molar-refractivity contribution is 0.249. The van der Waals surface area contributed by atoms with Gasteiger partial charge in [-0.2, -0.15) is 5.10 Å². The van der Waals surface area contributed by atoms with Gasteiger partial charge in [-0.05, 0) is 24.3 Å². The Morgan fingerprint density at radius 1 is 1.00 bits per heavy atom. The van der Waals surface area contributed by atoms with Crippen molar-refractivity contribution in [1.82, 2.24) is 19.7 Å². The molecule has 3 heterocycles. The van der Waals surface area contributed by atoms with Crippen molar-refractivity contribution in [3.63, 3.8) is 0 Å². The molecule has 6 nitrogen and oxygen atoms in total. The fourth-order valence-electron chi connectivity index (χ4n) is 3.53. The molecular weight excluding hydrogens is 326 g/mol. The number of piperazine rings is 1. The predicted octanol–water partition coefficient (Wildman–Crippen LogP) is 2.51. The predicted molar refractivity (Wildman–Crippen MR) is 102 cm³/mol.